The Hall–Kier alpha value is -2.01. The van der Waals surface area contributed by atoms with Crippen molar-refractivity contribution < 1.29 is 23.0 Å². The first-order chi connectivity index (χ1) is 9.91. The van der Waals surface area contributed by atoms with E-state index in [0.717, 1.165) is 12.1 Å². The Bertz CT molecular complexity index is 591. The van der Waals surface area contributed by atoms with Crippen molar-refractivity contribution in [3.63, 3.8) is 0 Å². The molecule has 2 aromatic carbocycles. The third kappa shape index (κ3) is 3.76. The standard InChI is InChI=1S/C16H15F3O2/c1-21-15-5-3-2-4-13(15)14(20)10-11-6-8-12(9-7-11)16(17,18)19/h2-9,14,20H,10H2,1H3. The van der Waals surface area contributed by atoms with Crippen LogP contribution in [0.2, 0.25) is 0 Å². The SMILES string of the molecule is COc1ccccc1C(O)Cc1ccc(C(F)(F)F)cc1. The zero-order valence-corrected chi connectivity index (χ0v) is 11.4. The summed E-state index contributed by atoms with van der Waals surface area (Å²) in [5.41, 5.74) is 0.541. The summed E-state index contributed by atoms with van der Waals surface area (Å²) in [6, 6.07) is 11.8. The molecular formula is C16H15F3O2. The normalized spacial score (nSPS) is 13.0. The van der Waals surface area contributed by atoms with E-state index in [0.29, 0.717) is 16.9 Å². The van der Waals surface area contributed by atoms with Crippen LogP contribution in [0.5, 0.6) is 5.75 Å². The van der Waals surface area contributed by atoms with Crippen molar-refractivity contribution in [2.75, 3.05) is 7.11 Å². The highest BCUT2D eigenvalue weighted by Crippen LogP contribution is 2.31. The van der Waals surface area contributed by atoms with Crippen molar-refractivity contribution in [2.24, 2.45) is 0 Å². The molecular weight excluding hydrogens is 281 g/mol. The molecule has 0 bridgehead atoms. The minimum atomic E-state index is -4.35. The third-order valence-electron chi connectivity index (χ3n) is 3.21. The van der Waals surface area contributed by atoms with Crippen molar-refractivity contribution in [2.45, 2.75) is 18.7 Å². The fourth-order valence-electron chi connectivity index (χ4n) is 2.10. The molecule has 1 N–H and O–H groups in total. The number of aliphatic hydroxyl groups is 1. The van der Waals surface area contributed by atoms with E-state index in [9.17, 15) is 18.3 Å². The van der Waals surface area contributed by atoms with E-state index in [2.05, 4.69) is 0 Å². The molecule has 0 aliphatic heterocycles. The Morgan fingerprint density at radius 2 is 1.67 bits per heavy atom. The quantitative estimate of drug-likeness (QED) is 0.924. The molecule has 0 saturated carbocycles. The van der Waals surface area contributed by atoms with Crippen LogP contribution in [-0.2, 0) is 12.6 Å². The molecule has 0 aromatic heterocycles. The molecule has 1 unspecified atom stereocenters. The molecule has 5 heteroatoms. The van der Waals surface area contributed by atoms with Gasteiger partial charge in [0.15, 0.2) is 0 Å². The van der Waals surface area contributed by atoms with E-state index in [-0.39, 0.29) is 6.42 Å². The Balaban J connectivity index is 2.14. The summed E-state index contributed by atoms with van der Waals surface area (Å²) in [7, 11) is 1.50. The maximum atomic E-state index is 12.5. The van der Waals surface area contributed by atoms with Gasteiger partial charge in [-0.1, -0.05) is 30.3 Å². The first-order valence-electron chi connectivity index (χ1n) is 6.39. The lowest BCUT2D eigenvalue weighted by Gasteiger charge is -2.15. The minimum absolute atomic E-state index is 0.221. The lowest BCUT2D eigenvalue weighted by Crippen LogP contribution is -2.06. The van der Waals surface area contributed by atoms with Crippen molar-refractivity contribution >= 4 is 0 Å². The lowest BCUT2D eigenvalue weighted by molar-refractivity contribution is -0.137. The zero-order valence-electron chi connectivity index (χ0n) is 11.4. The highest BCUT2D eigenvalue weighted by Gasteiger charge is 2.30. The Kier molecular flexibility index (Phi) is 4.53. The number of rotatable bonds is 4. The summed E-state index contributed by atoms with van der Waals surface area (Å²) < 4.78 is 42.6. The van der Waals surface area contributed by atoms with Gasteiger partial charge in [0.1, 0.15) is 5.75 Å². The molecule has 0 fully saturated rings. The molecule has 0 aliphatic rings. The second-order valence-corrected chi connectivity index (χ2v) is 4.66. The highest BCUT2D eigenvalue weighted by molar-refractivity contribution is 5.36. The predicted octanol–water partition coefficient (Wildman–Crippen LogP) is 3.99. The minimum Gasteiger partial charge on any atom is -0.496 e. The summed E-state index contributed by atoms with van der Waals surface area (Å²) in [4.78, 5) is 0. The van der Waals surface area contributed by atoms with Gasteiger partial charge in [0.25, 0.3) is 0 Å². The number of para-hydroxylation sites is 1. The fourth-order valence-corrected chi connectivity index (χ4v) is 2.10. The maximum absolute atomic E-state index is 12.5. The van der Waals surface area contributed by atoms with Crippen molar-refractivity contribution in [3.05, 3.63) is 65.2 Å². The van der Waals surface area contributed by atoms with E-state index >= 15 is 0 Å². The molecule has 21 heavy (non-hydrogen) atoms. The summed E-state index contributed by atoms with van der Waals surface area (Å²) in [6.07, 6.45) is -4.96. The van der Waals surface area contributed by atoms with Gasteiger partial charge in [0, 0.05) is 12.0 Å². The van der Waals surface area contributed by atoms with Crippen LogP contribution in [0.25, 0.3) is 0 Å². The Morgan fingerprint density at radius 3 is 2.24 bits per heavy atom. The second kappa shape index (κ2) is 6.18. The summed E-state index contributed by atoms with van der Waals surface area (Å²) in [6.45, 7) is 0. The number of alkyl halides is 3. The van der Waals surface area contributed by atoms with Gasteiger partial charge in [-0.3, -0.25) is 0 Å². The summed E-state index contributed by atoms with van der Waals surface area (Å²) >= 11 is 0. The number of hydrogen-bond acceptors (Lipinski definition) is 2. The van der Waals surface area contributed by atoms with E-state index in [4.69, 9.17) is 4.74 Å². The third-order valence-corrected chi connectivity index (χ3v) is 3.21. The highest BCUT2D eigenvalue weighted by atomic mass is 19.4. The molecule has 0 amide bonds. The van der Waals surface area contributed by atoms with Crippen LogP contribution in [0.4, 0.5) is 13.2 Å². The topological polar surface area (TPSA) is 29.5 Å². The van der Waals surface area contributed by atoms with Gasteiger partial charge in [-0.2, -0.15) is 13.2 Å². The van der Waals surface area contributed by atoms with Gasteiger partial charge >= 0.3 is 6.18 Å². The molecule has 112 valence electrons. The largest absolute Gasteiger partial charge is 0.496 e. The van der Waals surface area contributed by atoms with Gasteiger partial charge in [0.2, 0.25) is 0 Å². The van der Waals surface area contributed by atoms with Crippen LogP contribution >= 0.6 is 0 Å². The molecule has 0 aliphatic carbocycles. The van der Waals surface area contributed by atoms with Gasteiger partial charge in [-0.25, -0.2) is 0 Å². The first kappa shape index (κ1) is 15.4. The summed E-state index contributed by atoms with van der Waals surface area (Å²) in [5, 5.41) is 10.2. The molecule has 2 rings (SSSR count). The fraction of sp³-hybridized carbons (Fsp3) is 0.250. The summed E-state index contributed by atoms with van der Waals surface area (Å²) in [5.74, 6) is 0.553. The molecule has 0 radical (unpaired) electrons. The van der Waals surface area contributed by atoms with E-state index < -0.39 is 17.8 Å². The number of benzene rings is 2. The number of methoxy groups -OCH3 is 1. The average Bonchev–Trinajstić information content (AvgIpc) is 2.46. The van der Waals surface area contributed by atoms with Crippen molar-refractivity contribution in [1.29, 1.82) is 0 Å². The molecule has 0 saturated heterocycles. The van der Waals surface area contributed by atoms with Gasteiger partial charge in [0.05, 0.1) is 18.8 Å². The van der Waals surface area contributed by atoms with E-state index in [1.807, 2.05) is 0 Å². The smallest absolute Gasteiger partial charge is 0.416 e. The number of halogens is 3. The second-order valence-electron chi connectivity index (χ2n) is 4.66. The van der Waals surface area contributed by atoms with Gasteiger partial charge in [-0.15, -0.1) is 0 Å². The maximum Gasteiger partial charge on any atom is 0.416 e. The van der Waals surface area contributed by atoms with Crippen LogP contribution < -0.4 is 4.74 Å². The van der Waals surface area contributed by atoms with Gasteiger partial charge in [-0.05, 0) is 23.8 Å². The van der Waals surface area contributed by atoms with Crippen LogP contribution in [0.3, 0.4) is 0 Å². The molecule has 0 spiro atoms. The first-order valence-corrected chi connectivity index (χ1v) is 6.39. The zero-order chi connectivity index (χ0) is 15.5. The number of ether oxygens (including phenoxy) is 1. The van der Waals surface area contributed by atoms with Crippen molar-refractivity contribution in [3.8, 4) is 5.75 Å². The average molecular weight is 296 g/mol. The molecule has 0 heterocycles. The predicted molar refractivity (Wildman–Crippen MR) is 73.1 cm³/mol. The van der Waals surface area contributed by atoms with Crippen LogP contribution in [0.1, 0.15) is 22.8 Å². The monoisotopic (exact) mass is 296 g/mol. The molecule has 2 nitrogen and oxygen atoms in total. The van der Waals surface area contributed by atoms with Crippen molar-refractivity contribution in [1.82, 2.24) is 0 Å². The molecule has 2 aromatic rings. The van der Waals surface area contributed by atoms with Crippen LogP contribution in [0.15, 0.2) is 48.5 Å². The van der Waals surface area contributed by atoms with E-state index in [1.165, 1.54) is 19.2 Å². The number of hydrogen-bond donors (Lipinski definition) is 1. The van der Waals surface area contributed by atoms with Crippen LogP contribution in [0, 0.1) is 0 Å². The lowest BCUT2D eigenvalue weighted by atomic mass is 10.00. The molecule has 1 atom stereocenters. The number of aliphatic hydroxyl groups excluding tert-OH is 1. The van der Waals surface area contributed by atoms with Gasteiger partial charge < -0.3 is 9.84 Å². The van der Waals surface area contributed by atoms with Crippen LogP contribution in [-0.4, -0.2) is 12.2 Å². The van der Waals surface area contributed by atoms with E-state index in [1.54, 1.807) is 24.3 Å². The Labute approximate surface area is 120 Å². The Morgan fingerprint density at radius 1 is 1.05 bits per heavy atom.